The first-order valence-electron chi connectivity index (χ1n) is 7.72. The minimum absolute atomic E-state index is 0.650. The highest BCUT2D eigenvalue weighted by atomic mass is 32.2. The molecule has 1 aromatic heterocycles. The summed E-state index contributed by atoms with van der Waals surface area (Å²) in [5, 5.41) is 0.996. The van der Waals surface area contributed by atoms with Gasteiger partial charge in [0.25, 0.3) is 0 Å². The summed E-state index contributed by atoms with van der Waals surface area (Å²) in [7, 11) is 0. The lowest BCUT2D eigenvalue weighted by Gasteiger charge is -2.11. The summed E-state index contributed by atoms with van der Waals surface area (Å²) in [5.74, 6) is 0. The lowest BCUT2D eigenvalue weighted by atomic mass is 10.2. The molecular weight excluding hydrogens is 379 g/mol. The van der Waals surface area contributed by atoms with Crippen molar-refractivity contribution in [2.75, 3.05) is 11.0 Å². The fourth-order valence-corrected chi connectivity index (χ4v) is 3.30. The summed E-state index contributed by atoms with van der Waals surface area (Å²) in [6, 6.07) is 14.8. The third kappa shape index (κ3) is 4.63. The predicted octanol–water partition coefficient (Wildman–Crippen LogP) is 5.74. The Balaban J connectivity index is 1.77. The summed E-state index contributed by atoms with van der Waals surface area (Å²) < 4.78 is 44.3. The number of anilines is 1. The molecule has 0 fully saturated rings. The number of rotatable bonds is 6. The topological polar surface area (TPSA) is 37.0 Å². The van der Waals surface area contributed by atoms with Gasteiger partial charge in [0.05, 0.1) is 22.5 Å². The van der Waals surface area contributed by atoms with Crippen molar-refractivity contribution in [3.8, 4) is 0 Å². The van der Waals surface area contributed by atoms with Gasteiger partial charge < -0.3 is 4.72 Å². The van der Waals surface area contributed by atoms with Crippen molar-refractivity contribution in [1.82, 2.24) is 9.71 Å². The minimum Gasteiger partial charge on any atom is -0.324 e. The second kappa shape index (κ2) is 8.20. The van der Waals surface area contributed by atoms with Crippen LogP contribution in [-0.2, 0) is 12.7 Å². The van der Waals surface area contributed by atoms with Crippen LogP contribution in [0.4, 0.5) is 18.9 Å². The lowest BCUT2D eigenvalue weighted by molar-refractivity contribution is -0.137. The highest BCUT2D eigenvalue weighted by Crippen LogP contribution is 2.32. The van der Waals surface area contributed by atoms with Gasteiger partial charge in [0.2, 0.25) is 0 Å². The number of nitrogens with zero attached hydrogens (tertiary/aromatic N) is 1. The minimum atomic E-state index is -4.32. The predicted molar refractivity (Wildman–Crippen MR) is 103 cm³/mol. The van der Waals surface area contributed by atoms with E-state index in [2.05, 4.69) is 14.4 Å². The van der Waals surface area contributed by atoms with E-state index in [0.717, 1.165) is 34.4 Å². The van der Waals surface area contributed by atoms with E-state index in [4.69, 9.17) is 0 Å². The fraction of sp³-hybridized carbons (Fsp3) is 0.167. The molecular formula is C18H16F3N3S2. The molecule has 3 aromatic rings. The molecule has 3 nitrogen and oxygen atoms in total. The number of benzene rings is 2. The molecule has 136 valence electrons. The zero-order chi connectivity index (χ0) is 18.6. The van der Waals surface area contributed by atoms with E-state index in [9.17, 15) is 13.2 Å². The van der Waals surface area contributed by atoms with Crippen molar-refractivity contribution in [1.29, 1.82) is 0 Å². The average molecular weight is 395 g/mol. The molecule has 0 amide bonds. The average Bonchev–Trinajstić information content (AvgIpc) is 2.64. The Morgan fingerprint density at radius 3 is 2.46 bits per heavy atom. The van der Waals surface area contributed by atoms with Crippen LogP contribution in [-0.4, -0.2) is 11.2 Å². The van der Waals surface area contributed by atoms with Gasteiger partial charge in [0, 0.05) is 16.8 Å². The van der Waals surface area contributed by atoms with Crippen LogP contribution < -0.4 is 9.44 Å². The van der Waals surface area contributed by atoms with Gasteiger partial charge in [-0.15, -0.1) is 0 Å². The number of aromatic nitrogens is 1. The molecule has 0 radical (unpaired) electrons. The third-order valence-corrected chi connectivity index (χ3v) is 4.90. The molecule has 0 saturated heterocycles. The number of nitrogens with one attached hydrogen (secondary N) is 2. The van der Waals surface area contributed by atoms with Crippen LogP contribution in [0, 0.1) is 0 Å². The SMILES string of the molecule is CSNCc1ccc2cccc(NSc3ccc(C(F)(F)F)cc3)c2n1. The van der Waals surface area contributed by atoms with E-state index >= 15 is 0 Å². The van der Waals surface area contributed by atoms with Crippen molar-refractivity contribution >= 4 is 40.5 Å². The molecule has 26 heavy (non-hydrogen) atoms. The maximum Gasteiger partial charge on any atom is 0.416 e. The first kappa shape index (κ1) is 18.9. The molecule has 0 saturated carbocycles. The van der Waals surface area contributed by atoms with Gasteiger partial charge in [-0.25, -0.2) is 4.98 Å². The van der Waals surface area contributed by atoms with Crippen LogP contribution >= 0.6 is 23.9 Å². The van der Waals surface area contributed by atoms with Gasteiger partial charge in [-0.05, 0) is 54.6 Å². The second-order valence-corrected chi connectivity index (χ2v) is 7.01. The van der Waals surface area contributed by atoms with E-state index in [0.29, 0.717) is 11.4 Å². The maximum absolute atomic E-state index is 12.6. The molecule has 8 heteroatoms. The Bertz CT molecular complexity index is 883. The summed E-state index contributed by atoms with van der Waals surface area (Å²) in [6.07, 6.45) is -2.37. The molecule has 1 heterocycles. The second-order valence-electron chi connectivity index (χ2n) is 5.43. The smallest absolute Gasteiger partial charge is 0.324 e. The largest absolute Gasteiger partial charge is 0.416 e. The molecule has 2 N–H and O–H groups in total. The van der Waals surface area contributed by atoms with Gasteiger partial charge >= 0.3 is 6.18 Å². The van der Waals surface area contributed by atoms with Gasteiger partial charge in [-0.1, -0.05) is 30.1 Å². The zero-order valence-electron chi connectivity index (χ0n) is 13.8. The Kier molecular flexibility index (Phi) is 5.95. The van der Waals surface area contributed by atoms with Crippen molar-refractivity contribution < 1.29 is 13.2 Å². The Hall–Kier alpha value is -1.90. The molecule has 0 atom stereocenters. The van der Waals surface area contributed by atoms with Crippen LogP contribution in [0.3, 0.4) is 0 Å². The molecule has 0 unspecified atom stereocenters. The number of para-hydroxylation sites is 1. The van der Waals surface area contributed by atoms with E-state index in [1.807, 2.05) is 36.6 Å². The van der Waals surface area contributed by atoms with Crippen molar-refractivity contribution in [3.63, 3.8) is 0 Å². The van der Waals surface area contributed by atoms with Gasteiger partial charge in [-0.3, -0.25) is 4.72 Å². The number of hydrogen-bond donors (Lipinski definition) is 2. The first-order valence-corrected chi connectivity index (χ1v) is 9.76. The summed E-state index contributed by atoms with van der Waals surface area (Å²) in [4.78, 5) is 5.36. The van der Waals surface area contributed by atoms with Crippen molar-refractivity contribution in [2.45, 2.75) is 17.6 Å². The normalized spacial score (nSPS) is 11.7. The zero-order valence-corrected chi connectivity index (χ0v) is 15.4. The first-order chi connectivity index (χ1) is 12.5. The van der Waals surface area contributed by atoms with Crippen LogP contribution in [0.15, 0.2) is 59.5 Å². The van der Waals surface area contributed by atoms with Crippen molar-refractivity contribution in [2.24, 2.45) is 0 Å². The van der Waals surface area contributed by atoms with Gasteiger partial charge in [0.1, 0.15) is 0 Å². The monoisotopic (exact) mass is 395 g/mol. The molecule has 0 bridgehead atoms. The molecule has 3 rings (SSSR count). The van der Waals surface area contributed by atoms with Crippen molar-refractivity contribution in [3.05, 3.63) is 65.9 Å². The summed E-state index contributed by atoms with van der Waals surface area (Å²) in [6.45, 7) is 0.650. The van der Waals surface area contributed by atoms with E-state index in [1.54, 1.807) is 0 Å². The Morgan fingerprint density at radius 1 is 1.00 bits per heavy atom. The van der Waals surface area contributed by atoms with Crippen LogP contribution in [0.25, 0.3) is 10.9 Å². The highest BCUT2D eigenvalue weighted by Gasteiger charge is 2.29. The number of pyridine rings is 1. The lowest BCUT2D eigenvalue weighted by Crippen LogP contribution is -2.04. The van der Waals surface area contributed by atoms with E-state index in [-0.39, 0.29) is 0 Å². The quantitative estimate of drug-likeness (QED) is 0.521. The fourth-order valence-electron chi connectivity index (χ4n) is 2.34. The Labute approximate surface area is 158 Å². The van der Waals surface area contributed by atoms with Crippen LogP contribution in [0.5, 0.6) is 0 Å². The highest BCUT2D eigenvalue weighted by molar-refractivity contribution is 8.00. The van der Waals surface area contributed by atoms with E-state index < -0.39 is 11.7 Å². The van der Waals surface area contributed by atoms with Crippen LogP contribution in [0.2, 0.25) is 0 Å². The van der Waals surface area contributed by atoms with Crippen LogP contribution in [0.1, 0.15) is 11.3 Å². The molecule has 0 aliphatic rings. The number of hydrogen-bond acceptors (Lipinski definition) is 5. The standard InChI is InChI=1S/C18H16F3N3S2/c1-25-22-11-14-8-5-12-3-2-4-16(17(12)23-14)24-26-15-9-6-13(7-10-15)18(19,20)21/h2-10,22,24H,11H2,1H3. The van der Waals surface area contributed by atoms with Gasteiger partial charge in [0.15, 0.2) is 0 Å². The van der Waals surface area contributed by atoms with E-state index in [1.165, 1.54) is 36.0 Å². The summed E-state index contributed by atoms with van der Waals surface area (Å²) in [5.41, 5.74) is 1.91. The Morgan fingerprint density at radius 2 is 1.77 bits per heavy atom. The maximum atomic E-state index is 12.6. The molecule has 0 spiro atoms. The number of fused-ring (bicyclic) bond motifs is 1. The summed E-state index contributed by atoms with van der Waals surface area (Å²) >= 11 is 2.78. The molecule has 0 aliphatic carbocycles. The molecule has 2 aromatic carbocycles. The number of alkyl halides is 3. The number of halogens is 3. The molecule has 0 aliphatic heterocycles. The van der Waals surface area contributed by atoms with Gasteiger partial charge in [-0.2, -0.15) is 13.2 Å². The third-order valence-electron chi connectivity index (χ3n) is 3.64.